The van der Waals surface area contributed by atoms with Crippen LogP contribution in [0.15, 0.2) is 82.8 Å². The van der Waals surface area contributed by atoms with Gasteiger partial charge in [-0.2, -0.15) is 5.10 Å². The number of ether oxygens (including phenoxy) is 1. The SMILES string of the molecule is COc1ccc(NS(=O)(=O)c2ccc(NN=C3CCC(c4ccccc4)CC3)c([N+](=O)[O-])c2)cc1. The van der Waals surface area contributed by atoms with Gasteiger partial charge in [-0.15, -0.1) is 0 Å². The normalized spacial score (nSPS) is 15.8. The Morgan fingerprint density at radius 1 is 1.00 bits per heavy atom. The van der Waals surface area contributed by atoms with E-state index in [1.807, 2.05) is 18.2 Å². The van der Waals surface area contributed by atoms with Gasteiger partial charge >= 0.3 is 0 Å². The average molecular weight is 495 g/mol. The van der Waals surface area contributed by atoms with Crippen LogP contribution in [0.1, 0.15) is 37.2 Å². The Labute approximate surface area is 204 Å². The molecule has 0 amide bonds. The number of nitro benzene ring substituents is 1. The fourth-order valence-electron chi connectivity index (χ4n) is 4.06. The molecule has 1 saturated carbocycles. The molecule has 0 spiro atoms. The number of hydrazone groups is 1. The van der Waals surface area contributed by atoms with Gasteiger partial charge < -0.3 is 4.74 Å². The van der Waals surface area contributed by atoms with Gasteiger partial charge in [0.05, 0.1) is 16.9 Å². The Balaban J connectivity index is 1.46. The number of methoxy groups -OCH3 is 1. The van der Waals surface area contributed by atoms with Crippen LogP contribution in [0.2, 0.25) is 0 Å². The van der Waals surface area contributed by atoms with Gasteiger partial charge in [0, 0.05) is 17.5 Å². The fraction of sp³-hybridized carbons (Fsp3) is 0.240. The second-order valence-corrected chi connectivity index (χ2v) is 9.93. The van der Waals surface area contributed by atoms with Gasteiger partial charge in [0.2, 0.25) is 0 Å². The van der Waals surface area contributed by atoms with E-state index >= 15 is 0 Å². The molecule has 10 heteroatoms. The molecule has 3 aromatic carbocycles. The zero-order chi connectivity index (χ0) is 24.8. The lowest BCUT2D eigenvalue weighted by atomic mass is 9.83. The third-order valence-corrected chi connectivity index (χ3v) is 7.37. The van der Waals surface area contributed by atoms with E-state index < -0.39 is 14.9 Å². The molecule has 35 heavy (non-hydrogen) atoms. The Hall–Kier alpha value is -3.92. The van der Waals surface area contributed by atoms with Gasteiger partial charge in [0.15, 0.2) is 0 Å². The summed E-state index contributed by atoms with van der Waals surface area (Å²) >= 11 is 0. The molecule has 4 rings (SSSR count). The van der Waals surface area contributed by atoms with Crippen LogP contribution in [-0.2, 0) is 10.0 Å². The zero-order valence-corrected chi connectivity index (χ0v) is 20.0. The van der Waals surface area contributed by atoms with Crippen molar-refractivity contribution >= 4 is 32.8 Å². The fourth-order valence-corrected chi connectivity index (χ4v) is 5.14. The molecule has 0 heterocycles. The molecular formula is C25H26N4O5S. The van der Waals surface area contributed by atoms with Crippen molar-refractivity contribution < 1.29 is 18.1 Å². The number of nitrogens with one attached hydrogen (secondary N) is 2. The van der Waals surface area contributed by atoms with Crippen molar-refractivity contribution in [2.45, 2.75) is 36.5 Å². The van der Waals surface area contributed by atoms with Crippen molar-refractivity contribution in [1.29, 1.82) is 0 Å². The lowest BCUT2D eigenvalue weighted by molar-refractivity contribution is -0.384. The average Bonchev–Trinajstić information content (AvgIpc) is 2.88. The Kier molecular flexibility index (Phi) is 7.31. The molecule has 0 saturated heterocycles. The molecule has 182 valence electrons. The quantitative estimate of drug-likeness (QED) is 0.313. The van der Waals surface area contributed by atoms with Gasteiger partial charge in [0.25, 0.3) is 15.7 Å². The molecule has 0 atom stereocenters. The number of sulfonamides is 1. The summed E-state index contributed by atoms with van der Waals surface area (Å²) in [6.07, 6.45) is 3.50. The summed E-state index contributed by atoms with van der Waals surface area (Å²) in [5.41, 5.74) is 5.10. The first-order valence-electron chi connectivity index (χ1n) is 11.2. The predicted octanol–water partition coefficient (Wildman–Crippen LogP) is 5.53. The van der Waals surface area contributed by atoms with Gasteiger partial charge in [-0.25, -0.2) is 8.42 Å². The minimum absolute atomic E-state index is 0.135. The molecule has 9 nitrogen and oxygen atoms in total. The van der Waals surface area contributed by atoms with Gasteiger partial charge in [-0.05, 0) is 73.6 Å². The summed E-state index contributed by atoms with van der Waals surface area (Å²) in [7, 11) is -2.52. The first-order valence-corrected chi connectivity index (χ1v) is 12.7. The minimum atomic E-state index is -4.03. The molecule has 2 N–H and O–H groups in total. The maximum absolute atomic E-state index is 12.8. The maximum Gasteiger partial charge on any atom is 0.295 e. The molecule has 0 radical (unpaired) electrons. The van der Waals surface area contributed by atoms with E-state index in [9.17, 15) is 18.5 Å². The van der Waals surface area contributed by atoms with E-state index in [0.29, 0.717) is 17.4 Å². The van der Waals surface area contributed by atoms with E-state index in [0.717, 1.165) is 37.5 Å². The molecule has 1 fully saturated rings. The minimum Gasteiger partial charge on any atom is -0.497 e. The smallest absolute Gasteiger partial charge is 0.295 e. The lowest BCUT2D eigenvalue weighted by Gasteiger charge is -2.23. The van der Waals surface area contributed by atoms with Crippen molar-refractivity contribution in [2.24, 2.45) is 5.10 Å². The number of hydrogen-bond donors (Lipinski definition) is 2. The monoisotopic (exact) mass is 494 g/mol. The standard InChI is InChI=1S/C25H26N4O5S/c1-34-22-13-11-21(12-14-22)28-35(32,33)23-15-16-24(25(17-23)29(30)31)27-26-20-9-7-19(8-10-20)18-5-3-2-4-6-18/h2-6,11-17,19,27-28H,7-10H2,1H3. The van der Waals surface area contributed by atoms with E-state index in [1.165, 1.54) is 24.8 Å². The first kappa shape index (κ1) is 24.2. The van der Waals surface area contributed by atoms with E-state index in [2.05, 4.69) is 27.4 Å². The molecule has 1 aliphatic carbocycles. The van der Waals surface area contributed by atoms with Crippen molar-refractivity contribution in [1.82, 2.24) is 0 Å². The van der Waals surface area contributed by atoms with Crippen LogP contribution >= 0.6 is 0 Å². The van der Waals surface area contributed by atoms with Crippen LogP contribution in [0.3, 0.4) is 0 Å². The van der Waals surface area contributed by atoms with Crippen LogP contribution in [0.4, 0.5) is 17.1 Å². The highest BCUT2D eigenvalue weighted by atomic mass is 32.2. The summed E-state index contributed by atoms with van der Waals surface area (Å²) < 4.78 is 33.0. The van der Waals surface area contributed by atoms with Gasteiger partial charge in [-0.3, -0.25) is 20.3 Å². The summed E-state index contributed by atoms with van der Waals surface area (Å²) in [6.45, 7) is 0. The van der Waals surface area contributed by atoms with Crippen molar-refractivity contribution in [3.8, 4) is 5.75 Å². The number of benzene rings is 3. The summed E-state index contributed by atoms with van der Waals surface area (Å²) in [5.74, 6) is 1.06. The predicted molar refractivity (Wildman–Crippen MR) is 136 cm³/mol. The summed E-state index contributed by atoms with van der Waals surface area (Å²) in [6, 6.07) is 20.4. The van der Waals surface area contributed by atoms with Crippen LogP contribution in [-0.4, -0.2) is 26.2 Å². The third-order valence-electron chi connectivity index (χ3n) is 5.99. The van der Waals surface area contributed by atoms with E-state index in [4.69, 9.17) is 4.74 Å². The second kappa shape index (κ2) is 10.6. The molecule has 1 aliphatic rings. The Morgan fingerprint density at radius 2 is 1.69 bits per heavy atom. The highest BCUT2D eigenvalue weighted by molar-refractivity contribution is 7.92. The largest absolute Gasteiger partial charge is 0.497 e. The van der Waals surface area contributed by atoms with E-state index in [-0.39, 0.29) is 16.3 Å². The van der Waals surface area contributed by atoms with E-state index in [1.54, 1.807) is 24.3 Å². The number of anilines is 2. The summed E-state index contributed by atoms with van der Waals surface area (Å²) in [5, 5.41) is 16.1. The highest BCUT2D eigenvalue weighted by Gasteiger charge is 2.23. The summed E-state index contributed by atoms with van der Waals surface area (Å²) in [4.78, 5) is 10.8. The Morgan fingerprint density at radius 3 is 2.31 bits per heavy atom. The third kappa shape index (κ3) is 5.96. The van der Waals surface area contributed by atoms with Crippen LogP contribution in [0.25, 0.3) is 0 Å². The number of hydrogen-bond acceptors (Lipinski definition) is 7. The van der Waals surface area contributed by atoms with Crippen LogP contribution < -0.4 is 14.9 Å². The molecule has 3 aromatic rings. The molecule has 0 unspecified atom stereocenters. The Bertz CT molecular complexity index is 1320. The number of nitrogens with zero attached hydrogens (tertiary/aromatic N) is 2. The van der Waals surface area contributed by atoms with Gasteiger partial charge in [0.1, 0.15) is 11.4 Å². The van der Waals surface area contributed by atoms with Crippen LogP contribution in [0, 0.1) is 10.1 Å². The number of rotatable bonds is 8. The first-order chi connectivity index (χ1) is 16.9. The highest BCUT2D eigenvalue weighted by Crippen LogP contribution is 2.32. The van der Waals surface area contributed by atoms with Crippen molar-refractivity contribution in [3.63, 3.8) is 0 Å². The van der Waals surface area contributed by atoms with Crippen molar-refractivity contribution in [2.75, 3.05) is 17.3 Å². The molecular weight excluding hydrogens is 468 g/mol. The van der Waals surface area contributed by atoms with Crippen molar-refractivity contribution in [3.05, 3.63) is 88.5 Å². The molecule has 0 aliphatic heterocycles. The van der Waals surface area contributed by atoms with Gasteiger partial charge in [-0.1, -0.05) is 30.3 Å². The maximum atomic E-state index is 12.8. The molecule has 0 bridgehead atoms. The lowest BCUT2D eigenvalue weighted by Crippen LogP contribution is -2.15. The zero-order valence-electron chi connectivity index (χ0n) is 19.2. The number of nitro groups is 1. The second-order valence-electron chi connectivity index (χ2n) is 8.24. The molecule has 0 aromatic heterocycles. The topological polar surface area (TPSA) is 123 Å². The van der Waals surface area contributed by atoms with Crippen LogP contribution in [0.5, 0.6) is 5.75 Å².